The van der Waals surface area contributed by atoms with Gasteiger partial charge in [0.2, 0.25) is 5.95 Å². The van der Waals surface area contributed by atoms with Crippen molar-refractivity contribution in [1.82, 2.24) is 19.9 Å². The second-order valence-corrected chi connectivity index (χ2v) is 4.88. The molecule has 3 rings (SSSR count). The number of nitrogens with one attached hydrogen (secondary N) is 2. The SMILES string of the molecule is COCCCOc1ccc(Nc2nc(N)c3nc[nH]c3n2)cc1. The number of fused-ring (bicyclic) bond motifs is 1. The molecule has 0 spiro atoms. The van der Waals surface area contributed by atoms with Gasteiger partial charge in [0.05, 0.1) is 12.9 Å². The molecule has 8 heteroatoms. The van der Waals surface area contributed by atoms with Gasteiger partial charge in [-0.15, -0.1) is 0 Å². The number of ether oxygens (including phenoxy) is 2. The van der Waals surface area contributed by atoms with Crippen molar-refractivity contribution in [3.63, 3.8) is 0 Å². The number of benzene rings is 1. The van der Waals surface area contributed by atoms with Gasteiger partial charge in [-0.05, 0) is 24.3 Å². The molecule has 2 aromatic heterocycles. The Hall–Kier alpha value is -2.87. The molecule has 0 bridgehead atoms. The van der Waals surface area contributed by atoms with Crippen LogP contribution in [0.15, 0.2) is 30.6 Å². The van der Waals surface area contributed by atoms with Crippen molar-refractivity contribution in [2.45, 2.75) is 6.42 Å². The normalized spacial score (nSPS) is 10.8. The Balaban J connectivity index is 1.65. The zero-order chi connectivity index (χ0) is 16.1. The highest BCUT2D eigenvalue weighted by Crippen LogP contribution is 2.21. The third kappa shape index (κ3) is 3.67. The fraction of sp³-hybridized carbons (Fsp3) is 0.267. The summed E-state index contributed by atoms with van der Waals surface area (Å²) in [6, 6.07) is 7.55. The predicted octanol–water partition coefficient (Wildman–Crippen LogP) is 2.09. The van der Waals surface area contributed by atoms with Gasteiger partial charge in [-0.25, -0.2) is 4.98 Å². The Morgan fingerprint density at radius 3 is 2.78 bits per heavy atom. The van der Waals surface area contributed by atoms with Gasteiger partial charge in [0, 0.05) is 25.8 Å². The molecule has 2 heterocycles. The lowest BCUT2D eigenvalue weighted by Gasteiger charge is -2.08. The molecule has 120 valence electrons. The van der Waals surface area contributed by atoms with E-state index in [4.69, 9.17) is 15.2 Å². The smallest absolute Gasteiger partial charge is 0.231 e. The largest absolute Gasteiger partial charge is 0.494 e. The first-order valence-electron chi connectivity index (χ1n) is 7.21. The third-order valence-corrected chi connectivity index (χ3v) is 3.18. The van der Waals surface area contributed by atoms with E-state index in [2.05, 4.69) is 25.3 Å². The number of anilines is 3. The monoisotopic (exact) mass is 314 g/mol. The summed E-state index contributed by atoms with van der Waals surface area (Å²) < 4.78 is 10.6. The molecule has 0 aliphatic rings. The lowest BCUT2D eigenvalue weighted by Crippen LogP contribution is -2.02. The number of H-pyrrole nitrogens is 1. The molecule has 4 N–H and O–H groups in total. The van der Waals surface area contributed by atoms with E-state index in [1.807, 2.05) is 24.3 Å². The van der Waals surface area contributed by atoms with E-state index in [1.165, 1.54) is 6.33 Å². The first kappa shape index (κ1) is 15.0. The maximum atomic E-state index is 5.85. The van der Waals surface area contributed by atoms with Crippen LogP contribution >= 0.6 is 0 Å². The molecule has 8 nitrogen and oxygen atoms in total. The average molecular weight is 314 g/mol. The summed E-state index contributed by atoms with van der Waals surface area (Å²) >= 11 is 0. The van der Waals surface area contributed by atoms with E-state index in [0.29, 0.717) is 36.1 Å². The molecule has 0 saturated heterocycles. The van der Waals surface area contributed by atoms with Crippen LogP contribution in [0.25, 0.3) is 11.2 Å². The van der Waals surface area contributed by atoms with Crippen molar-refractivity contribution in [3.8, 4) is 5.75 Å². The maximum absolute atomic E-state index is 5.85. The van der Waals surface area contributed by atoms with Crippen LogP contribution in [0.2, 0.25) is 0 Å². The molecule has 0 aliphatic heterocycles. The molecule has 0 amide bonds. The highest BCUT2D eigenvalue weighted by atomic mass is 16.5. The molecule has 0 aliphatic carbocycles. The topological polar surface area (TPSA) is 111 Å². The number of nitrogens with zero attached hydrogens (tertiary/aromatic N) is 3. The average Bonchev–Trinajstić information content (AvgIpc) is 3.02. The maximum Gasteiger partial charge on any atom is 0.231 e. The summed E-state index contributed by atoms with van der Waals surface area (Å²) in [6.07, 6.45) is 2.39. The second-order valence-electron chi connectivity index (χ2n) is 4.88. The summed E-state index contributed by atoms with van der Waals surface area (Å²) in [5.74, 6) is 1.54. The zero-order valence-corrected chi connectivity index (χ0v) is 12.7. The Bertz CT molecular complexity index is 771. The number of nitrogens with two attached hydrogens (primary N) is 1. The molecule has 3 aromatic rings. The van der Waals surface area contributed by atoms with Crippen LogP contribution in [0.4, 0.5) is 17.5 Å². The predicted molar refractivity (Wildman–Crippen MR) is 87.8 cm³/mol. The van der Waals surface area contributed by atoms with Gasteiger partial charge in [0.25, 0.3) is 0 Å². The summed E-state index contributed by atoms with van der Waals surface area (Å²) in [7, 11) is 1.68. The molecule has 0 unspecified atom stereocenters. The van der Waals surface area contributed by atoms with Crippen LogP contribution in [-0.2, 0) is 4.74 Å². The van der Waals surface area contributed by atoms with Crippen LogP contribution in [0.3, 0.4) is 0 Å². The molecule has 23 heavy (non-hydrogen) atoms. The lowest BCUT2D eigenvalue weighted by molar-refractivity contribution is 0.172. The van der Waals surface area contributed by atoms with Crippen molar-refractivity contribution in [3.05, 3.63) is 30.6 Å². The van der Waals surface area contributed by atoms with Crippen molar-refractivity contribution in [1.29, 1.82) is 0 Å². The van der Waals surface area contributed by atoms with Gasteiger partial charge in [0.15, 0.2) is 11.5 Å². The summed E-state index contributed by atoms with van der Waals surface area (Å²) in [6.45, 7) is 1.31. The number of hydrogen-bond donors (Lipinski definition) is 3. The van der Waals surface area contributed by atoms with Gasteiger partial charge in [-0.3, -0.25) is 0 Å². The molecular weight excluding hydrogens is 296 g/mol. The second kappa shape index (κ2) is 6.93. The van der Waals surface area contributed by atoms with Gasteiger partial charge in [-0.2, -0.15) is 9.97 Å². The molecule has 0 radical (unpaired) electrons. The standard InChI is InChI=1S/C15H18N6O2/c1-22-7-2-8-23-11-5-3-10(4-6-11)19-15-20-13(16)12-14(21-15)18-9-17-12/h3-6,9H,2,7-8H2,1H3,(H4,16,17,18,19,20,21). The van der Waals surface area contributed by atoms with Crippen molar-refractivity contribution in [2.75, 3.05) is 31.4 Å². The van der Waals surface area contributed by atoms with E-state index in [0.717, 1.165) is 17.9 Å². The number of rotatable bonds is 7. The Kier molecular flexibility index (Phi) is 4.53. The fourth-order valence-electron chi connectivity index (χ4n) is 2.07. The number of imidazole rings is 1. The summed E-state index contributed by atoms with van der Waals surface area (Å²) in [5.41, 5.74) is 7.86. The molecule has 1 aromatic carbocycles. The minimum atomic E-state index is 0.330. The Morgan fingerprint density at radius 2 is 2.00 bits per heavy atom. The van der Waals surface area contributed by atoms with Crippen molar-refractivity contribution < 1.29 is 9.47 Å². The fourth-order valence-corrected chi connectivity index (χ4v) is 2.07. The molecule has 0 saturated carbocycles. The minimum Gasteiger partial charge on any atom is -0.494 e. The number of methoxy groups -OCH3 is 1. The van der Waals surface area contributed by atoms with Gasteiger partial charge >= 0.3 is 0 Å². The number of aromatic amines is 1. The van der Waals surface area contributed by atoms with Gasteiger partial charge in [-0.1, -0.05) is 0 Å². The van der Waals surface area contributed by atoms with Crippen LogP contribution in [0.5, 0.6) is 5.75 Å². The van der Waals surface area contributed by atoms with Crippen molar-refractivity contribution >= 4 is 28.6 Å². The first-order valence-corrected chi connectivity index (χ1v) is 7.21. The van der Waals surface area contributed by atoms with Crippen molar-refractivity contribution in [2.24, 2.45) is 0 Å². The molecule has 0 fully saturated rings. The van der Waals surface area contributed by atoms with Gasteiger partial charge in [0.1, 0.15) is 11.3 Å². The third-order valence-electron chi connectivity index (χ3n) is 3.18. The van der Waals surface area contributed by atoms with Gasteiger partial charge < -0.3 is 25.5 Å². The highest BCUT2D eigenvalue weighted by Gasteiger charge is 2.07. The van der Waals surface area contributed by atoms with E-state index < -0.39 is 0 Å². The number of hydrogen-bond acceptors (Lipinski definition) is 7. The quantitative estimate of drug-likeness (QED) is 0.572. The van der Waals surface area contributed by atoms with E-state index in [-0.39, 0.29) is 0 Å². The van der Waals surface area contributed by atoms with Crippen LogP contribution in [0, 0.1) is 0 Å². The molecule has 0 atom stereocenters. The number of nitrogen functional groups attached to an aromatic ring is 1. The summed E-state index contributed by atoms with van der Waals surface area (Å²) in [4.78, 5) is 15.5. The van der Waals surface area contributed by atoms with Crippen LogP contribution < -0.4 is 15.8 Å². The highest BCUT2D eigenvalue weighted by molar-refractivity contribution is 5.82. The van der Waals surface area contributed by atoms with Crippen LogP contribution in [0.1, 0.15) is 6.42 Å². The number of aromatic nitrogens is 4. The molecular formula is C15H18N6O2. The van der Waals surface area contributed by atoms with E-state index in [1.54, 1.807) is 7.11 Å². The van der Waals surface area contributed by atoms with Crippen LogP contribution in [-0.4, -0.2) is 40.3 Å². The first-order chi connectivity index (χ1) is 11.3. The van der Waals surface area contributed by atoms with E-state index >= 15 is 0 Å². The Morgan fingerprint density at radius 1 is 1.17 bits per heavy atom. The van der Waals surface area contributed by atoms with E-state index in [9.17, 15) is 0 Å². The summed E-state index contributed by atoms with van der Waals surface area (Å²) in [5, 5.41) is 3.10. The lowest BCUT2D eigenvalue weighted by atomic mass is 10.3. The minimum absolute atomic E-state index is 0.330. The Labute approximate surface area is 133 Å². The zero-order valence-electron chi connectivity index (χ0n) is 12.7.